The molecular formula is C26H26F2N2O6S. The lowest BCUT2D eigenvalue weighted by atomic mass is 9.99. The van der Waals surface area contributed by atoms with Crippen molar-refractivity contribution in [2.75, 3.05) is 11.8 Å². The van der Waals surface area contributed by atoms with Crippen molar-refractivity contribution >= 4 is 27.4 Å². The third kappa shape index (κ3) is 6.49. The van der Waals surface area contributed by atoms with Gasteiger partial charge in [-0.1, -0.05) is 30.3 Å². The van der Waals surface area contributed by atoms with Gasteiger partial charge < -0.3 is 15.2 Å². The molecule has 0 aromatic heterocycles. The van der Waals surface area contributed by atoms with E-state index >= 15 is 0 Å². The summed E-state index contributed by atoms with van der Waals surface area (Å²) in [4.78, 5) is 24.6. The third-order valence-electron chi connectivity index (χ3n) is 5.15. The number of anilines is 1. The van der Waals surface area contributed by atoms with E-state index in [1.165, 1.54) is 25.3 Å². The number of benzene rings is 3. The smallest absolute Gasteiger partial charge is 0.262 e. The lowest BCUT2D eigenvalue weighted by Crippen LogP contribution is -2.40. The van der Waals surface area contributed by atoms with Gasteiger partial charge in [-0.2, -0.15) is 0 Å². The normalized spacial score (nSPS) is 12.5. The molecule has 0 spiro atoms. The van der Waals surface area contributed by atoms with Crippen LogP contribution < -0.4 is 14.8 Å². The number of ether oxygens (including phenoxy) is 1. The van der Waals surface area contributed by atoms with Gasteiger partial charge in [0.15, 0.2) is 5.78 Å². The van der Waals surface area contributed by atoms with E-state index in [1.807, 2.05) is 4.72 Å². The number of hydrogen-bond acceptors (Lipinski definition) is 6. The first-order valence-corrected chi connectivity index (χ1v) is 12.5. The van der Waals surface area contributed by atoms with Crippen molar-refractivity contribution < 1.29 is 36.6 Å². The number of nitrogens with one attached hydrogen (secondary N) is 2. The number of aliphatic hydroxyl groups is 1. The molecule has 0 saturated carbocycles. The van der Waals surface area contributed by atoms with Crippen LogP contribution in [0, 0.1) is 11.6 Å². The zero-order valence-corrected chi connectivity index (χ0v) is 21.3. The summed E-state index contributed by atoms with van der Waals surface area (Å²) >= 11 is 0. The Kier molecular flexibility index (Phi) is 7.99. The molecule has 0 aliphatic heterocycles. The minimum absolute atomic E-state index is 0.0471. The fourth-order valence-corrected chi connectivity index (χ4v) is 4.46. The molecule has 3 N–H and O–H groups in total. The molecule has 0 bridgehead atoms. The van der Waals surface area contributed by atoms with E-state index in [4.69, 9.17) is 4.74 Å². The molecule has 3 rings (SSSR count). The van der Waals surface area contributed by atoms with E-state index in [0.29, 0.717) is 12.1 Å². The number of halogens is 2. The molecule has 0 fully saturated rings. The Bertz CT molecular complexity index is 1440. The molecule has 8 nitrogen and oxygen atoms in total. The second-order valence-corrected chi connectivity index (χ2v) is 10.8. The minimum atomic E-state index is -4.45. The Morgan fingerprint density at radius 1 is 0.973 bits per heavy atom. The molecule has 196 valence electrons. The number of sulfonamides is 1. The first-order valence-electron chi connectivity index (χ1n) is 11.0. The van der Waals surface area contributed by atoms with Crippen molar-refractivity contribution in [2.24, 2.45) is 0 Å². The van der Waals surface area contributed by atoms with Crippen molar-refractivity contribution in [3.05, 3.63) is 89.0 Å². The lowest BCUT2D eigenvalue weighted by molar-refractivity contribution is 0.0739. The van der Waals surface area contributed by atoms with Crippen LogP contribution in [0.2, 0.25) is 0 Å². The highest BCUT2D eigenvalue weighted by atomic mass is 32.2. The van der Waals surface area contributed by atoms with Crippen LogP contribution in [0.25, 0.3) is 0 Å². The number of rotatable bonds is 8. The quantitative estimate of drug-likeness (QED) is 0.374. The molecule has 0 radical (unpaired) electrons. The fourth-order valence-electron chi connectivity index (χ4n) is 3.39. The first kappa shape index (κ1) is 27.8. The zero-order chi connectivity index (χ0) is 27.5. The maximum Gasteiger partial charge on any atom is 0.262 e. The predicted molar refractivity (Wildman–Crippen MR) is 133 cm³/mol. The van der Waals surface area contributed by atoms with E-state index in [9.17, 15) is 31.9 Å². The molecular weight excluding hydrogens is 506 g/mol. The fraction of sp³-hybridized carbons (Fsp3) is 0.231. The van der Waals surface area contributed by atoms with Gasteiger partial charge in [-0.25, -0.2) is 17.2 Å². The third-order valence-corrected chi connectivity index (χ3v) is 6.51. The van der Waals surface area contributed by atoms with E-state index in [2.05, 4.69) is 5.32 Å². The summed E-state index contributed by atoms with van der Waals surface area (Å²) in [6.45, 7) is 5.32. The molecule has 0 aliphatic rings. The zero-order valence-electron chi connectivity index (χ0n) is 20.5. The highest BCUT2D eigenvalue weighted by molar-refractivity contribution is 7.92. The summed E-state index contributed by atoms with van der Waals surface area (Å²) < 4.78 is 62.4. The van der Waals surface area contributed by atoms with Crippen molar-refractivity contribution in [1.82, 2.24) is 5.32 Å². The summed E-state index contributed by atoms with van der Waals surface area (Å²) in [5, 5.41) is 13.0. The SMILES string of the molecule is COc1cc(S(=O)(=O)Nc2cc(F)c(C(O)C(=O)c3ccccc3)cc2F)ccc1C(=O)NC(C)(C)C. The molecule has 0 heterocycles. The highest BCUT2D eigenvalue weighted by Gasteiger charge is 2.26. The van der Waals surface area contributed by atoms with Crippen molar-refractivity contribution in [1.29, 1.82) is 0 Å². The van der Waals surface area contributed by atoms with Crippen molar-refractivity contribution in [2.45, 2.75) is 37.3 Å². The second-order valence-electron chi connectivity index (χ2n) is 9.16. The van der Waals surface area contributed by atoms with Gasteiger partial charge in [0, 0.05) is 28.8 Å². The standard InChI is InChI=1S/C26H26F2N2O6S/c1-26(2,3)29-25(33)17-11-10-16(12-22(17)36-4)37(34,35)30-21-14-19(27)18(13-20(21)28)24(32)23(31)15-8-6-5-7-9-15/h5-14,24,30,32H,1-4H3,(H,29,33). The van der Waals surface area contributed by atoms with Crippen molar-refractivity contribution in [3.63, 3.8) is 0 Å². The molecule has 37 heavy (non-hydrogen) atoms. The van der Waals surface area contributed by atoms with E-state index in [-0.39, 0.29) is 21.8 Å². The Morgan fingerprint density at radius 2 is 1.62 bits per heavy atom. The lowest BCUT2D eigenvalue weighted by Gasteiger charge is -2.21. The summed E-state index contributed by atoms with van der Waals surface area (Å²) in [5.41, 5.74) is -1.77. The van der Waals surface area contributed by atoms with Gasteiger partial charge in [-0.15, -0.1) is 0 Å². The van der Waals surface area contributed by atoms with Crippen LogP contribution in [0.5, 0.6) is 5.75 Å². The molecule has 0 saturated heterocycles. The number of carbonyl (C=O) groups is 2. The van der Waals surface area contributed by atoms with Crippen LogP contribution in [0.15, 0.2) is 65.6 Å². The Morgan fingerprint density at radius 3 is 2.22 bits per heavy atom. The summed E-state index contributed by atoms with van der Waals surface area (Å²) in [5.74, 6) is -3.80. The Balaban J connectivity index is 1.88. The van der Waals surface area contributed by atoms with Crippen LogP contribution in [-0.2, 0) is 10.0 Å². The van der Waals surface area contributed by atoms with E-state index in [0.717, 1.165) is 12.1 Å². The average molecular weight is 533 g/mol. The van der Waals surface area contributed by atoms with Crippen LogP contribution in [0.4, 0.5) is 14.5 Å². The molecule has 0 aliphatic carbocycles. The predicted octanol–water partition coefficient (Wildman–Crippen LogP) is 4.22. The van der Waals surface area contributed by atoms with Crippen LogP contribution >= 0.6 is 0 Å². The highest BCUT2D eigenvalue weighted by Crippen LogP contribution is 2.29. The first-order chi connectivity index (χ1) is 17.2. The largest absolute Gasteiger partial charge is 0.496 e. The van der Waals surface area contributed by atoms with Gasteiger partial charge in [0.05, 0.1) is 23.3 Å². The maximum atomic E-state index is 14.8. The summed E-state index contributed by atoms with van der Waals surface area (Å²) in [6.07, 6.45) is -2.00. The van der Waals surface area contributed by atoms with Gasteiger partial charge in [0.25, 0.3) is 15.9 Å². The van der Waals surface area contributed by atoms with Crippen LogP contribution in [0.1, 0.15) is 53.2 Å². The van der Waals surface area contributed by atoms with E-state index in [1.54, 1.807) is 39.0 Å². The summed E-state index contributed by atoms with van der Waals surface area (Å²) in [6, 6.07) is 12.1. The van der Waals surface area contributed by atoms with E-state index < -0.39 is 56.2 Å². The van der Waals surface area contributed by atoms with Crippen LogP contribution in [-0.4, -0.2) is 37.9 Å². The Labute approximate surface area is 213 Å². The van der Waals surface area contributed by atoms with Gasteiger partial charge in [0.1, 0.15) is 23.5 Å². The number of ketones is 1. The average Bonchev–Trinajstić information content (AvgIpc) is 2.84. The molecule has 1 atom stereocenters. The van der Waals surface area contributed by atoms with Crippen molar-refractivity contribution in [3.8, 4) is 5.75 Å². The molecule has 1 amide bonds. The monoisotopic (exact) mass is 532 g/mol. The van der Waals surface area contributed by atoms with Gasteiger partial charge in [-0.05, 0) is 39.0 Å². The molecule has 11 heteroatoms. The number of amides is 1. The molecule has 3 aromatic rings. The number of methoxy groups -OCH3 is 1. The minimum Gasteiger partial charge on any atom is -0.496 e. The van der Waals surface area contributed by atoms with Gasteiger partial charge in [-0.3, -0.25) is 14.3 Å². The van der Waals surface area contributed by atoms with Gasteiger partial charge in [0.2, 0.25) is 0 Å². The summed E-state index contributed by atoms with van der Waals surface area (Å²) in [7, 11) is -3.20. The molecule has 3 aromatic carbocycles. The van der Waals surface area contributed by atoms with Crippen LogP contribution in [0.3, 0.4) is 0 Å². The Hall–Kier alpha value is -3.83. The van der Waals surface area contributed by atoms with Gasteiger partial charge >= 0.3 is 0 Å². The maximum absolute atomic E-state index is 14.8. The number of carbonyl (C=O) groups excluding carboxylic acids is 2. The second kappa shape index (κ2) is 10.7. The number of Topliss-reactive ketones (excluding diaryl/α,β-unsaturated/α-hetero) is 1. The number of hydrogen-bond donors (Lipinski definition) is 3. The molecule has 1 unspecified atom stereocenters. The topological polar surface area (TPSA) is 122 Å². The number of aliphatic hydroxyl groups excluding tert-OH is 1.